The minimum atomic E-state index is -0.0643. The number of thiophene rings is 2. The van der Waals surface area contributed by atoms with Crippen LogP contribution in [-0.2, 0) is 22.4 Å². The molecule has 2 fully saturated rings. The van der Waals surface area contributed by atoms with Gasteiger partial charge in [-0.25, -0.2) is 9.59 Å². The zero-order valence-corrected chi connectivity index (χ0v) is 34.7. The molecule has 2 aliphatic heterocycles. The molecule has 0 bridgehead atoms. The molecule has 4 aromatic rings. The molecule has 14 heteroatoms. The molecule has 2 aromatic carbocycles. The normalized spacial score (nSPS) is 15.0. The van der Waals surface area contributed by atoms with Crippen LogP contribution in [0.25, 0.3) is 0 Å². The van der Waals surface area contributed by atoms with Crippen molar-refractivity contribution >= 4 is 81.1 Å². The summed E-state index contributed by atoms with van der Waals surface area (Å²) < 4.78 is 0. The molecular formula is C42H50Cl2N6O4S2. The fourth-order valence-corrected chi connectivity index (χ4v) is 9.13. The third-order valence-electron chi connectivity index (χ3n) is 10.4. The van der Waals surface area contributed by atoms with Gasteiger partial charge in [0.2, 0.25) is 11.8 Å². The van der Waals surface area contributed by atoms with Crippen molar-refractivity contribution in [1.82, 2.24) is 20.4 Å². The summed E-state index contributed by atoms with van der Waals surface area (Å²) in [5, 5.41) is 11.4. The van der Waals surface area contributed by atoms with E-state index in [2.05, 4.69) is 10.6 Å². The summed E-state index contributed by atoms with van der Waals surface area (Å²) in [5.41, 5.74) is 1.66. The first kappa shape index (κ1) is 41.5. The summed E-state index contributed by atoms with van der Waals surface area (Å²) in [6.07, 6.45) is 7.12. The zero-order valence-electron chi connectivity index (χ0n) is 31.5. The number of hydrogen-bond donors (Lipinski definition) is 2. The van der Waals surface area contributed by atoms with Gasteiger partial charge in [-0.2, -0.15) is 0 Å². The van der Waals surface area contributed by atoms with Crippen molar-refractivity contribution < 1.29 is 19.2 Å². The van der Waals surface area contributed by atoms with Crippen molar-refractivity contribution in [1.29, 1.82) is 0 Å². The lowest BCUT2D eigenvalue weighted by Gasteiger charge is -2.38. The Kier molecular flexibility index (Phi) is 15.5. The first-order valence-electron chi connectivity index (χ1n) is 19.5. The van der Waals surface area contributed by atoms with Crippen molar-refractivity contribution in [3.05, 3.63) is 103 Å². The first-order chi connectivity index (χ1) is 27.2. The lowest BCUT2D eigenvalue weighted by molar-refractivity contribution is -0.119. The average Bonchev–Trinajstić information content (AvgIpc) is 3.93. The predicted octanol–water partition coefficient (Wildman–Crippen LogP) is 8.88. The monoisotopic (exact) mass is 836 g/mol. The van der Waals surface area contributed by atoms with Crippen LogP contribution in [-0.4, -0.2) is 85.0 Å². The van der Waals surface area contributed by atoms with Crippen LogP contribution in [0.1, 0.15) is 61.1 Å². The molecule has 0 radical (unpaired) electrons. The third-order valence-corrected chi connectivity index (χ3v) is 12.7. The number of benzene rings is 2. The van der Waals surface area contributed by atoms with Crippen LogP contribution in [0.4, 0.5) is 21.0 Å². The van der Waals surface area contributed by atoms with Crippen LogP contribution in [0.2, 0.25) is 10.0 Å². The summed E-state index contributed by atoms with van der Waals surface area (Å²) in [7, 11) is 0. The van der Waals surface area contributed by atoms with E-state index in [1.807, 2.05) is 103 Å². The lowest BCUT2D eigenvalue weighted by Crippen LogP contribution is -2.51. The van der Waals surface area contributed by atoms with Crippen molar-refractivity contribution in [3.8, 4) is 0 Å². The van der Waals surface area contributed by atoms with Crippen molar-refractivity contribution in [2.45, 2.75) is 76.3 Å². The average molecular weight is 838 g/mol. The second kappa shape index (κ2) is 20.9. The SMILES string of the molecule is O=C(NCCCCCCNC(=O)N1CCC(N(C(=O)Cc2cccs2)c2ccc(Cl)cc2)CC1)N1CCC(N(C(=O)Cc2cccs2)c2ccc(Cl)cc2)CC1. The number of nitrogens with one attached hydrogen (secondary N) is 2. The number of likely N-dealkylation sites (tertiary alicyclic amines) is 2. The van der Waals surface area contributed by atoms with Crippen LogP contribution in [0.5, 0.6) is 0 Å². The Labute approximate surface area is 347 Å². The molecule has 0 saturated carbocycles. The van der Waals surface area contributed by atoms with Gasteiger partial charge in [0, 0.05) is 82.5 Å². The highest BCUT2D eigenvalue weighted by atomic mass is 35.5. The zero-order chi connectivity index (χ0) is 39.3. The van der Waals surface area contributed by atoms with Crippen LogP contribution >= 0.6 is 45.9 Å². The van der Waals surface area contributed by atoms with E-state index in [-0.39, 0.29) is 36.0 Å². The molecule has 0 atom stereocenters. The Morgan fingerprint density at radius 3 is 1.29 bits per heavy atom. The molecule has 10 nitrogen and oxygen atoms in total. The minimum absolute atomic E-state index is 0.00260. The molecule has 6 rings (SSSR count). The first-order valence-corrected chi connectivity index (χ1v) is 22.0. The number of carbonyl (C=O) groups is 4. The molecular weight excluding hydrogens is 788 g/mol. The number of nitrogens with zero attached hydrogens (tertiary/aromatic N) is 4. The molecule has 2 aliphatic rings. The summed E-state index contributed by atoms with van der Waals surface area (Å²) >= 11 is 15.4. The van der Waals surface area contributed by atoms with Gasteiger partial charge in [-0.15, -0.1) is 22.7 Å². The largest absolute Gasteiger partial charge is 0.338 e. The number of rotatable bonds is 15. The van der Waals surface area contributed by atoms with Crippen LogP contribution in [0.15, 0.2) is 83.6 Å². The van der Waals surface area contributed by atoms with E-state index in [0.717, 1.165) is 46.8 Å². The highest BCUT2D eigenvalue weighted by Gasteiger charge is 2.32. The third kappa shape index (κ3) is 11.7. The highest BCUT2D eigenvalue weighted by molar-refractivity contribution is 7.10. The van der Waals surface area contributed by atoms with Gasteiger partial charge >= 0.3 is 12.1 Å². The second-order valence-corrected chi connectivity index (χ2v) is 17.2. The van der Waals surface area contributed by atoms with E-state index in [4.69, 9.17) is 23.2 Å². The molecule has 2 saturated heterocycles. The highest BCUT2D eigenvalue weighted by Crippen LogP contribution is 2.29. The van der Waals surface area contributed by atoms with Crippen LogP contribution in [0.3, 0.4) is 0 Å². The van der Waals surface area contributed by atoms with Crippen LogP contribution in [0, 0.1) is 0 Å². The van der Waals surface area contributed by atoms with Gasteiger partial charge in [-0.3, -0.25) is 9.59 Å². The fraction of sp³-hybridized carbons (Fsp3) is 0.429. The maximum absolute atomic E-state index is 13.5. The Morgan fingerprint density at radius 2 is 0.946 bits per heavy atom. The molecule has 2 aromatic heterocycles. The van der Waals surface area contributed by atoms with Gasteiger partial charge in [0.25, 0.3) is 0 Å². The minimum Gasteiger partial charge on any atom is -0.338 e. The van der Waals surface area contributed by atoms with Gasteiger partial charge in [0.15, 0.2) is 0 Å². The molecule has 0 aliphatic carbocycles. The number of amides is 6. The van der Waals surface area contributed by atoms with Gasteiger partial charge < -0.3 is 30.2 Å². The number of urea groups is 2. The Hall–Kier alpha value is -4.10. The summed E-state index contributed by atoms with van der Waals surface area (Å²) in [5.74, 6) is 0.101. The number of piperidine rings is 2. The smallest absolute Gasteiger partial charge is 0.317 e. The van der Waals surface area contributed by atoms with E-state index in [1.165, 1.54) is 0 Å². The maximum atomic E-state index is 13.5. The quantitative estimate of drug-likeness (QED) is 0.117. The van der Waals surface area contributed by atoms with Crippen molar-refractivity contribution in [3.63, 3.8) is 0 Å². The van der Waals surface area contributed by atoms with Gasteiger partial charge in [0.1, 0.15) is 0 Å². The van der Waals surface area contributed by atoms with Crippen LogP contribution < -0.4 is 20.4 Å². The molecule has 2 N–H and O–H groups in total. The Morgan fingerprint density at radius 1 is 0.571 bits per heavy atom. The topological polar surface area (TPSA) is 105 Å². The number of hydrogen-bond acceptors (Lipinski definition) is 6. The van der Waals surface area contributed by atoms with E-state index >= 15 is 0 Å². The number of carbonyl (C=O) groups excluding carboxylic acids is 4. The standard InChI is InChI=1S/C42H50Cl2N6O4S2/c43-31-9-13-33(14-10-31)49(39(51)29-37-7-5-27-55-37)35-17-23-47(24-18-35)41(53)45-21-3-1-2-4-22-46-42(54)48-25-19-36(20-26-48)50(34-15-11-32(44)12-16-34)40(52)30-38-8-6-28-56-38/h5-16,27-28,35-36H,1-4,17-26,29-30H2,(H,45,53)(H,46,54). The molecule has 0 spiro atoms. The second-order valence-electron chi connectivity index (χ2n) is 14.3. The maximum Gasteiger partial charge on any atom is 0.317 e. The molecule has 6 amide bonds. The lowest BCUT2D eigenvalue weighted by atomic mass is 10.0. The van der Waals surface area contributed by atoms with E-state index in [9.17, 15) is 19.2 Å². The predicted molar refractivity (Wildman–Crippen MR) is 228 cm³/mol. The summed E-state index contributed by atoms with van der Waals surface area (Å²) in [6.45, 7) is 3.52. The summed E-state index contributed by atoms with van der Waals surface area (Å²) in [4.78, 5) is 62.5. The van der Waals surface area contributed by atoms with Crippen molar-refractivity contribution in [2.24, 2.45) is 0 Å². The molecule has 56 heavy (non-hydrogen) atoms. The Balaban J connectivity index is 0.850. The molecule has 0 unspecified atom stereocenters. The van der Waals surface area contributed by atoms with Crippen molar-refractivity contribution in [2.75, 3.05) is 49.1 Å². The number of unbranched alkanes of at least 4 members (excludes halogenated alkanes) is 3. The summed E-state index contributed by atoms with van der Waals surface area (Å²) in [6, 6.07) is 22.6. The number of anilines is 2. The van der Waals surface area contributed by atoms with Gasteiger partial charge in [-0.1, -0.05) is 48.2 Å². The van der Waals surface area contributed by atoms with E-state index in [0.29, 0.717) is 87.8 Å². The van der Waals surface area contributed by atoms with Gasteiger partial charge in [0.05, 0.1) is 12.8 Å². The number of halogens is 2. The molecule has 298 valence electrons. The van der Waals surface area contributed by atoms with Gasteiger partial charge in [-0.05, 0) is 110 Å². The molecule has 4 heterocycles. The van der Waals surface area contributed by atoms with E-state index in [1.54, 1.807) is 22.7 Å². The van der Waals surface area contributed by atoms with E-state index < -0.39 is 0 Å². The fourth-order valence-electron chi connectivity index (χ4n) is 7.49. The Bertz CT molecular complexity index is 1710.